The molecule has 3 aromatic rings. The van der Waals surface area contributed by atoms with Crippen molar-refractivity contribution in [3.05, 3.63) is 54.0 Å². The Bertz CT molecular complexity index is 1260. The molecule has 1 aromatic carbocycles. The van der Waals surface area contributed by atoms with Crippen LogP contribution < -0.4 is 0 Å². The number of rotatable bonds is 6. The minimum absolute atomic E-state index is 0.121. The minimum Gasteiger partial charge on any atom is -0.481 e. The summed E-state index contributed by atoms with van der Waals surface area (Å²) in [6, 6.07) is 12.4. The third-order valence-corrected chi connectivity index (χ3v) is 8.90. The molecule has 2 fully saturated rings. The molecule has 1 unspecified atom stereocenters. The number of carboxylic acid groups (broad SMARTS) is 1. The van der Waals surface area contributed by atoms with Crippen LogP contribution >= 0.6 is 0 Å². The fourth-order valence-corrected chi connectivity index (χ4v) is 6.91. The largest absolute Gasteiger partial charge is 0.481 e. The SMILES string of the molecule is O=C(O)CC1CCC(c2ccc(-c3ccc(-c4n[nH]c(C5CCS(=O)(=O)C5)n4)cn3)cc2)CC1. The number of hydrogen-bond acceptors (Lipinski definition) is 6. The zero-order valence-electron chi connectivity index (χ0n) is 18.9. The highest BCUT2D eigenvalue weighted by molar-refractivity contribution is 7.91. The molecule has 0 amide bonds. The summed E-state index contributed by atoms with van der Waals surface area (Å²) < 4.78 is 23.5. The number of carbonyl (C=O) groups is 1. The van der Waals surface area contributed by atoms with Crippen LogP contribution in [0.4, 0.5) is 0 Å². The summed E-state index contributed by atoms with van der Waals surface area (Å²) in [4.78, 5) is 20.0. The summed E-state index contributed by atoms with van der Waals surface area (Å²) >= 11 is 0. The lowest BCUT2D eigenvalue weighted by Crippen LogP contribution is -2.16. The number of nitrogens with one attached hydrogen (secondary N) is 1. The van der Waals surface area contributed by atoms with Crippen molar-refractivity contribution < 1.29 is 18.3 Å². The van der Waals surface area contributed by atoms with E-state index in [1.54, 1.807) is 6.20 Å². The van der Waals surface area contributed by atoms with Crippen LogP contribution in [0.2, 0.25) is 0 Å². The van der Waals surface area contributed by atoms with Crippen LogP contribution in [0, 0.1) is 5.92 Å². The fourth-order valence-electron chi connectivity index (χ4n) is 5.17. The van der Waals surface area contributed by atoms with Gasteiger partial charge in [-0.2, -0.15) is 5.10 Å². The smallest absolute Gasteiger partial charge is 0.303 e. The topological polar surface area (TPSA) is 126 Å². The number of aromatic amines is 1. The average Bonchev–Trinajstić information content (AvgIpc) is 3.46. The van der Waals surface area contributed by atoms with Gasteiger partial charge in [0, 0.05) is 29.7 Å². The van der Waals surface area contributed by atoms with E-state index in [1.807, 2.05) is 12.1 Å². The first kappa shape index (κ1) is 22.7. The maximum atomic E-state index is 11.7. The van der Waals surface area contributed by atoms with Crippen LogP contribution in [-0.4, -0.2) is 51.2 Å². The van der Waals surface area contributed by atoms with Gasteiger partial charge in [0.2, 0.25) is 0 Å². The van der Waals surface area contributed by atoms with Gasteiger partial charge in [-0.1, -0.05) is 24.3 Å². The van der Waals surface area contributed by atoms with Crippen molar-refractivity contribution in [2.24, 2.45) is 5.92 Å². The summed E-state index contributed by atoms with van der Waals surface area (Å²) in [5.41, 5.74) is 3.97. The van der Waals surface area contributed by atoms with E-state index < -0.39 is 15.8 Å². The summed E-state index contributed by atoms with van der Waals surface area (Å²) in [6.07, 6.45) is 6.62. The van der Waals surface area contributed by atoms with E-state index in [0.29, 0.717) is 29.9 Å². The highest BCUT2D eigenvalue weighted by atomic mass is 32.2. The number of aliphatic carboxylic acids is 1. The van der Waals surface area contributed by atoms with Crippen molar-refractivity contribution in [2.75, 3.05) is 11.5 Å². The van der Waals surface area contributed by atoms with E-state index in [2.05, 4.69) is 44.4 Å². The molecule has 1 aliphatic heterocycles. The Morgan fingerprint density at radius 3 is 2.32 bits per heavy atom. The van der Waals surface area contributed by atoms with Crippen molar-refractivity contribution in [3.8, 4) is 22.6 Å². The molecule has 3 heterocycles. The molecular weight excluding hydrogens is 452 g/mol. The summed E-state index contributed by atoms with van der Waals surface area (Å²) in [7, 11) is -2.97. The quantitative estimate of drug-likeness (QED) is 0.542. The van der Waals surface area contributed by atoms with E-state index in [9.17, 15) is 13.2 Å². The Morgan fingerprint density at radius 1 is 0.971 bits per heavy atom. The molecule has 1 saturated carbocycles. The Labute approximate surface area is 198 Å². The number of H-pyrrole nitrogens is 1. The van der Waals surface area contributed by atoms with Crippen LogP contribution in [0.25, 0.3) is 22.6 Å². The van der Waals surface area contributed by atoms with Crippen LogP contribution in [0.1, 0.15) is 61.7 Å². The van der Waals surface area contributed by atoms with Crippen LogP contribution in [0.5, 0.6) is 0 Å². The molecule has 1 aliphatic carbocycles. The third kappa shape index (κ3) is 5.04. The van der Waals surface area contributed by atoms with Gasteiger partial charge in [-0.05, 0) is 61.6 Å². The van der Waals surface area contributed by atoms with Gasteiger partial charge in [0.15, 0.2) is 15.7 Å². The molecule has 0 spiro atoms. The van der Waals surface area contributed by atoms with E-state index in [4.69, 9.17) is 5.11 Å². The van der Waals surface area contributed by atoms with Crippen molar-refractivity contribution in [1.29, 1.82) is 0 Å². The van der Waals surface area contributed by atoms with Crippen molar-refractivity contribution in [3.63, 3.8) is 0 Å². The second kappa shape index (κ2) is 9.29. The van der Waals surface area contributed by atoms with Crippen molar-refractivity contribution in [1.82, 2.24) is 20.2 Å². The highest BCUT2D eigenvalue weighted by Crippen LogP contribution is 2.37. The molecule has 1 saturated heterocycles. The second-order valence-electron chi connectivity index (χ2n) is 9.51. The lowest BCUT2D eigenvalue weighted by molar-refractivity contribution is -0.138. The fraction of sp³-hybridized carbons (Fsp3) is 0.440. The average molecular weight is 481 g/mol. The van der Waals surface area contributed by atoms with Gasteiger partial charge in [0.05, 0.1) is 17.2 Å². The van der Waals surface area contributed by atoms with Gasteiger partial charge in [-0.25, -0.2) is 13.4 Å². The molecule has 5 rings (SSSR count). The van der Waals surface area contributed by atoms with Crippen LogP contribution in [0.15, 0.2) is 42.6 Å². The zero-order valence-corrected chi connectivity index (χ0v) is 19.7. The Hall–Kier alpha value is -3.07. The predicted molar refractivity (Wildman–Crippen MR) is 128 cm³/mol. The Kier molecular flexibility index (Phi) is 6.20. The number of aromatic nitrogens is 4. The zero-order chi connectivity index (χ0) is 23.7. The van der Waals surface area contributed by atoms with Gasteiger partial charge >= 0.3 is 5.97 Å². The first-order valence-electron chi connectivity index (χ1n) is 11.8. The van der Waals surface area contributed by atoms with E-state index in [0.717, 1.165) is 42.5 Å². The van der Waals surface area contributed by atoms with Gasteiger partial charge in [0.1, 0.15) is 5.82 Å². The Balaban J connectivity index is 1.23. The number of sulfone groups is 1. The van der Waals surface area contributed by atoms with Gasteiger partial charge < -0.3 is 5.11 Å². The number of hydrogen-bond donors (Lipinski definition) is 2. The standard InChI is InChI=1S/C25H28N4O4S/c30-23(31)13-16-1-3-17(4-2-16)18-5-7-19(8-6-18)22-10-9-20(14-26-22)24-27-25(29-28-24)21-11-12-34(32,33)15-21/h5-10,14,16-17,21H,1-4,11-13,15H2,(H,30,31)(H,27,28,29). The van der Waals surface area contributed by atoms with Gasteiger partial charge in [0.25, 0.3) is 0 Å². The van der Waals surface area contributed by atoms with E-state index >= 15 is 0 Å². The predicted octanol–water partition coefficient (Wildman–Crippen LogP) is 4.18. The molecule has 2 aromatic heterocycles. The molecule has 34 heavy (non-hydrogen) atoms. The molecular formula is C25H28N4O4S. The minimum atomic E-state index is -2.97. The van der Waals surface area contributed by atoms with Crippen LogP contribution in [0.3, 0.4) is 0 Å². The summed E-state index contributed by atoms with van der Waals surface area (Å²) in [5.74, 6) is 1.45. The first-order valence-corrected chi connectivity index (χ1v) is 13.6. The van der Waals surface area contributed by atoms with Gasteiger partial charge in [-0.15, -0.1) is 0 Å². The first-order chi connectivity index (χ1) is 16.4. The summed E-state index contributed by atoms with van der Waals surface area (Å²) in [6.45, 7) is 0. The molecule has 2 N–H and O–H groups in total. The summed E-state index contributed by atoms with van der Waals surface area (Å²) in [5, 5.41) is 16.2. The molecule has 1 atom stereocenters. The highest BCUT2D eigenvalue weighted by Gasteiger charge is 2.31. The van der Waals surface area contributed by atoms with E-state index in [-0.39, 0.29) is 23.8 Å². The lowest BCUT2D eigenvalue weighted by Gasteiger charge is -2.28. The molecule has 0 radical (unpaired) electrons. The molecule has 0 bridgehead atoms. The van der Waals surface area contributed by atoms with E-state index in [1.165, 1.54) is 5.56 Å². The molecule has 178 valence electrons. The number of benzene rings is 1. The van der Waals surface area contributed by atoms with Crippen molar-refractivity contribution in [2.45, 2.75) is 50.4 Å². The maximum Gasteiger partial charge on any atom is 0.303 e. The third-order valence-electron chi connectivity index (χ3n) is 7.13. The van der Waals surface area contributed by atoms with Gasteiger partial charge in [-0.3, -0.25) is 14.9 Å². The number of pyridine rings is 1. The lowest BCUT2D eigenvalue weighted by atomic mass is 9.77. The molecule has 2 aliphatic rings. The monoisotopic (exact) mass is 480 g/mol. The van der Waals surface area contributed by atoms with Crippen LogP contribution in [-0.2, 0) is 14.6 Å². The number of nitrogens with zero attached hydrogens (tertiary/aromatic N) is 3. The second-order valence-corrected chi connectivity index (χ2v) is 11.7. The molecule has 8 nitrogen and oxygen atoms in total. The maximum absolute atomic E-state index is 11.7. The van der Waals surface area contributed by atoms with Crippen molar-refractivity contribution >= 4 is 15.8 Å². The Morgan fingerprint density at radius 2 is 1.71 bits per heavy atom. The normalized spacial score (nSPS) is 24.2. The molecule has 9 heteroatoms. The number of carboxylic acids is 1.